The summed E-state index contributed by atoms with van der Waals surface area (Å²) in [5.74, 6) is -0.0567. The predicted octanol–water partition coefficient (Wildman–Crippen LogP) is 4.57. The van der Waals surface area contributed by atoms with Gasteiger partial charge in [-0.2, -0.15) is 0 Å². The van der Waals surface area contributed by atoms with Gasteiger partial charge in [-0.25, -0.2) is 19.3 Å². The van der Waals surface area contributed by atoms with Crippen molar-refractivity contribution in [2.75, 3.05) is 11.1 Å². The van der Waals surface area contributed by atoms with Crippen LogP contribution in [-0.4, -0.2) is 19.9 Å². The summed E-state index contributed by atoms with van der Waals surface area (Å²) in [5.41, 5.74) is 8.75. The van der Waals surface area contributed by atoms with E-state index in [9.17, 15) is 4.39 Å². The van der Waals surface area contributed by atoms with Crippen LogP contribution < -0.4 is 11.1 Å². The van der Waals surface area contributed by atoms with Crippen molar-refractivity contribution in [1.82, 2.24) is 19.9 Å². The molecule has 0 unspecified atom stereocenters. The van der Waals surface area contributed by atoms with Crippen LogP contribution in [-0.2, 0) is 0 Å². The highest BCUT2D eigenvalue weighted by atomic mass is 35.5. The Morgan fingerprint density at radius 3 is 2.89 bits per heavy atom. The molecule has 0 saturated heterocycles. The number of nitrogens with two attached hydrogens (primary N) is 1. The van der Waals surface area contributed by atoms with E-state index >= 15 is 0 Å². The van der Waals surface area contributed by atoms with Crippen LogP contribution in [0.5, 0.6) is 0 Å². The molecular weight excluding hydrogens is 367 g/mol. The first-order valence-corrected chi connectivity index (χ1v) is 8.66. The molecule has 0 radical (unpaired) electrons. The first kappa shape index (κ1) is 17.2. The number of halogens is 2. The van der Waals surface area contributed by atoms with Gasteiger partial charge < -0.3 is 16.0 Å². The number of nitrogens with zero attached hydrogens (tertiary/aromatic N) is 3. The molecule has 1 atom stereocenters. The Morgan fingerprint density at radius 2 is 2.07 bits per heavy atom. The van der Waals surface area contributed by atoms with E-state index in [1.54, 1.807) is 24.5 Å². The molecule has 0 aliphatic carbocycles. The number of rotatable bonds is 4. The van der Waals surface area contributed by atoms with Gasteiger partial charge in [0.05, 0.1) is 17.3 Å². The smallest absolute Gasteiger partial charge is 0.183 e. The fourth-order valence-electron chi connectivity index (χ4n) is 2.88. The van der Waals surface area contributed by atoms with Gasteiger partial charge in [0.2, 0.25) is 0 Å². The van der Waals surface area contributed by atoms with Crippen LogP contribution in [0.1, 0.15) is 18.5 Å². The van der Waals surface area contributed by atoms with Gasteiger partial charge in [0.1, 0.15) is 5.65 Å². The van der Waals surface area contributed by atoms with Crippen LogP contribution in [0.3, 0.4) is 0 Å². The van der Waals surface area contributed by atoms with Crippen molar-refractivity contribution in [3.8, 4) is 11.4 Å². The van der Waals surface area contributed by atoms with Crippen LogP contribution in [0.25, 0.3) is 22.4 Å². The van der Waals surface area contributed by atoms with Gasteiger partial charge in [-0.15, -0.1) is 0 Å². The zero-order valence-corrected chi connectivity index (χ0v) is 15.1. The highest BCUT2D eigenvalue weighted by molar-refractivity contribution is 6.31. The maximum atomic E-state index is 14.3. The van der Waals surface area contributed by atoms with Crippen LogP contribution >= 0.6 is 11.6 Å². The van der Waals surface area contributed by atoms with Crippen LogP contribution in [0.2, 0.25) is 5.02 Å². The number of pyridine rings is 1. The largest absolute Gasteiger partial charge is 0.399 e. The highest BCUT2D eigenvalue weighted by Gasteiger charge is 2.15. The first-order valence-electron chi connectivity index (χ1n) is 8.29. The molecule has 0 aliphatic heterocycles. The molecule has 0 saturated carbocycles. The zero-order chi connectivity index (χ0) is 19.0. The van der Waals surface area contributed by atoms with E-state index < -0.39 is 5.82 Å². The van der Waals surface area contributed by atoms with Crippen molar-refractivity contribution < 1.29 is 4.39 Å². The molecule has 0 amide bonds. The third-order valence-corrected chi connectivity index (χ3v) is 4.45. The topological polar surface area (TPSA) is 92.5 Å². The molecule has 0 spiro atoms. The van der Waals surface area contributed by atoms with Crippen molar-refractivity contribution in [3.05, 3.63) is 65.3 Å². The predicted molar refractivity (Wildman–Crippen MR) is 105 cm³/mol. The van der Waals surface area contributed by atoms with E-state index in [-0.39, 0.29) is 11.9 Å². The molecule has 3 heterocycles. The normalized spacial score (nSPS) is 12.3. The van der Waals surface area contributed by atoms with Gasteiger partial charge in [-0.3, -0.25) is 0 Å². The van der Waals surface area contributed by atoms with E-state index in [4.69, 9.17) is 17.3 Å². The van der Waals surface area contributed by atoms with Gasteiger partial charge in [-0.05, 0) is 30.7 Å². The van der Waals surface area contributed by atoms with E-state index in [0.29, 0.717) is 27.7 Å². The molecule has 1 aromatic carbocycles. The lowest BCUT2D eigenvalue weighted by atomic mass is 10.1. The minimum Gasteiger partial charge on any atom is -0.399 e. The van der Waals surface area contributed by atoms with E-state index in [1.165, 1.54) is 0 Å². The molecule has 4 aromatic rings. The summed E-state index contributed by atoms with van der Waals surface area (Å²) in [6, 6.07) is 8.99. The third-order valence-electron chi connectivity index (χ3n) is 4.25. The molecule has 8 heteroatoms. The monoisotopic (exact) mass is 382 g/mol. The molecule has 3 aromatic heterocycles. The van der Waals surface area contributed by atoms with Crippen LogP contribution in [0, 0.1) is 5.82 Å². The number of hydrogen-bond acceptors (Lipinski definition) is 5. The highest BCUT2D eigenvalue weighted by Crippen LogP contribution is 2.29. The first-order chi connectivity index (χ1) is 13.0. The number of benzene rings is 1. The van der Waals surface area contributed by atoms with Gasteiger partial charge in [-0.1, -0.05) is 23.7 Å². The summed E-state index contributed by atoms with van der Waals surface area (Å²) in [6.07, 6.45) is 4.43. The summed E-state index contributed by atoms with van der Waals surface area (Å²) in [6.45, 7) is 1.91. The lowest BCUT2D eigenvalue weighted by Gasteiger charge is -2.16. The molecule has 27 heavy (non-hydrogen) atoms. The molecule has 6 nitrogen and oxygen atoms in total. The van der Waals surface area contributed by atoms with Crippen molar-refractivity contribution in [3.63, 3.8) is 0 Å². The zero-order valence-electron chi connectivity index (χ0n) is 14.4. The second kappa shape index (κ2) is 6.85. The Morgan fingerprint density at radius 1 is 1.22 bits per heavy atom. The molecule has 4 N–H and O–H groups in total. The second-order valence-corrected chi connectivity index (χ2v) is 6.61. The van der Waals surface area contributed by atoms with Crippen LogP contribution in [0.4, 0.5) is 15.9 Å². The van der Waals surface area contributed by atoms with Crippen molar-refractivity contribution in [1.29, 1.82) is 0 Å². The minimum absolute atomic E-state index is 0.110. The fraction of sp³-hybridized carbons (Fsp3) is 0.105. The Kier molecular flexibility index (Phi) is 4.37. The summed E-state index contributed by atoms with van der Waals surface area (Å²) in [4.78, 5) is 15.7. The number of anilines is 2. The van der Waals surface area contributed by atoms with E-state index in [0.717, 1.165) is 17.1 Å². The molecular formula is C19H16ClFN6. The maximum Gasteiger partial charge on any atom is 0.183 e. The molecule has 0 fully saturated rings. The minimum atomic E-state index is -0.537. The molecule has 0 bridgehead atoms. The maximum absolute atomic E-state index is 14.3. The Labute approximate surface area is 159 Å². The summed E-state index contributed by atoms with van der Waals surface area (Å²) in [5, 5.41) is 4.35. The van der Waals surface area contributed by atoms with E-state index in [2.05, 4.69) is 25.3 Å². The van der Waals surface area contributed by atoms with Gasteiger partial charge in [0, 0.05) is 29.0 Å². The Balaban J connectivity index is 1.70. The average Bonchev–Trinajstić information content (AvgIpc) is 3.06. The number of aromatic nitrogens is 4. The lowest BCUT2D eigenvalue weighted by Crippen LogP contribution is -2.10. The summed E-state index contributed by atoms with van der Waals surface area (Å²) >= 11 is 6.04. The van der Waals surface area contributed by atoms with Gasteiger partial charge in [0.15, 0.2) is 17.5 Å². The SMILES string of the molecule is C[C@H](Nc1nc(-c2c[nH]c3ncc(Cl)cc23)ncc1F)c1cccc(N)c1. The van der Waals surface area contributed by atoms with Gasteiger partial charge >= 0.3 is 0 Å². The van der Waals surface area contributed by atoms with E-state index in [1.807, 2.05) is 25.1 Å². The van der Waals surface area contributed by atoms with Crippen LogP contribution in [0.15, 0.2) is 48.9 Å². The lowest BCUT2D eigenvalue weighted by molar-refractivity contribution is 0.614. The van der Waals surface area contributed by atoms with Gasteiger partial charge in [0.25, 0.3) is 0 Å². The Hall–Kier alpha value is -3.19. The molecule has 0 aliphatic rings. The van der Waals surface area contributed by atoms with Crippen molar-refractivity contribution in [2.45, 2.75) is 13.0 Å². The third kappa shape index (κ3) is 3.41. The fourth-order valence-corrected chi connectivity index (χ4v) is 3.04. The standard InChI is InChI=1S/C19H16ClFN6/c1-10(11-3-2-4-13(22)5-11)26-19-16(21)9-25-18(27-19)15-8-24-17-14(15)6-12(20)7-23-17/h2-10H,22H2,1H3,(H,23,24)(H,25,26,27)/t10-/m0/s1. The summed E-state index contributed by atoms with van der Waals surface area (Å²) < 4.78 is 14.3. The second-order valence-electron chi connectivity index (χ2n) is 6.18. The number of nitrogen functional groups attached to an aromatic ring is 1. The number of H-pyrrole nitrogens is 1. The molecule has 4 rings (SSSR count). The number of hydrogen-bond donors (Lipinski definition) is 3. The average molecular weight is 383 g/mol. The Bertz CT molecular complexity index is 1130. The van der Waals surface area contributed by atoms with Crippen molar-refractivity contribution >= 4 is 34.1 Å². The number of nitrogens with one attached hydrogen (secondary N) is 2. The molecule has 136 valence electrons. The number of fused-ring (bicyclic) bond motifs is 1. The van der Waals surface area contributed by atoms with Crippen molar-refractivity contribution in [2.24, 2.45) is 0 Å². The quantitative estimate of drug-likeness (QED) is 0.450. The summed E-state index contributed by atoms with van der Waals surface area (Å²) in [7, 11) is 0. The number of aromatic amines is 1.